The maximum absolute atomic E-state index is 13.1. The topological polar surface area (TPSA) is 29.1 Å². The quantitative estimate of drug-likeness (QED) is 0.822. The van der Waals surface area contributed by atoms with Gasteiger partial charge >= 0.3 is 0 Å². The molecule has 1 aromatic rings. The van der Waals surface area contributed by atoms with Crippen LogP contribution in [0.2, 0.25) is 0 Å². The summed E-state index contributed by atoms with van der Waals surface area (Å²) in [6.07, 6.45) is 1.50. The first-order valence-corrected chi connectivity index (χ1v) is 6.73. The molecule has 0 aliphatic heterocycles. The highest BCUT2D eigenvalue weighted by Crippen LogP contribution is 2.18. The van der Waals surface area contributed by atoms with Crippen molar-refractivity contribution >= 4 is 33.4 Å². The zero-order valence-corrected chi connectivity index (χ0v) is 11.8. The van der Waals surface area contributed by atoms with Crippen LogP contribution in [-0.2, 0) is 0 Å². The van der Waals surface area contributed by atoms with E-state index in [2.05, 4.69) is 21.2 Å². The Balaban J connectivity index is 2.78. The second kappa shape index (κ2) is 6.97. The van der Waals surface area contributed by atoms with Crippen LogP contribution in [0.1, 0.15) is 30.1 Å². The van der Waals surface area contributed by atoms with E-state index in [1.54, 1.807) is 0 Å². The number of nitrogens with one attached hydrogen (secondary N) is 1. The maximum atomic E-state index is 13.1. The van der Waals surface area contributed by atoms with Crippen molar-refractivity contribution in [2.45, 2.75) is 25.8 Å². The van der Waals surface area contributed by atoms with Crippen LogP contribution in [0.25, 0.3) is 0 Å². The molecule has 1 N–H and O–H groups in total. The molecule has 0 aliphatic rings. The van der Waals surface area contributed by atoms with Crippen LogP contribution in [0.4, 0.5) is 4.39 Å². The standard InChI is InChI=1S/C12H14BrClFNO/c1-2-9(5-6-14)16-12(17)10-7-8(15)3-4-11(10)13/h3-4,7,9H,2,5-6H2,1H3,(H,16,17). The van der Waals surface area contributed by atoms with E-state index in [-0.39, 0.29) is 11.9 Å². The number of halogens is 3. The Kier molecular flexibility index (Phi) is 5.92. The van der Waals surface area contributed by atoms with Crippen molar-refractivity contribution in [2.24, 2.45) is 0 Å². The Hall–Kier alpha value is -0.610. The molecule has 0 aliphatic carbocycles. The Morgan fingerprint density at radius 2 is 2.29 bits per heavy atom. The Labute approximate surface area is 114 Å². The first-order valence-electron chi connectivity index (χ1n) is 5.40. The predicted molar refractivity (Wildman–Crippen MR) is 71.0 cm³/mol. The van der Waals surface area contributed by atoms with Crippen LogP contribution in [0.3, 0.4) is 0 Å². The highest BCUT2D eigenvalue weighted by Gasteiger charge is 2.14. The lowest BCUT2D eigenvalue weighted by atomic mass is 10.1. The van der Waals surface area contributed by atoms with E-state index in [0.717, 1.165) is 6.42 Å². The van der Waals surface area contributed by atoms with Crippen molar-refractivity contribution in [3.63, 3.8) is 0 Å². The molecular formula is C12H14BrClFNO. The third-order valence-corrected chi connectivity index (χ3v) is 3.37. The van der Waals surface area contributed by atoms with Gasteiger partial charge in [0.05, 0.1) is 5.56 Å². The molecule has 1 atom stereocenters. The molecule has 94 valence electrons. The van der Waals surface area contributed by atoms with Crippen molar-refractivity contribution in [2.75, 3.05) is 5.88 Å². The first kappa shape index (κ1) is 14.5. The summed E-state index contributed by atoms with van der Waals surface area (Å²) in [6, 6.07) is 4.06. The first-order chi connectivity index (χ1) is 8.08. The van der Waals surface area contributed by atoms with Crippen molar-refractivity contribution < 1.29 is 9.18 Å². The van der Waals surface area contributed by atoms with Crippen LogP contribution >= 0.6 is 27.5 Å². The molecule has 0 fully saturated rings. The minimum atomic E-state index is -0.427. The van der Waals surface area contributed by atoms with E-state index >= 15 is 0 Å². The van der Waals surface area contributed by atoms with Gasteiger partial charge in [0.2, 0.25) is 0 Å². The fourth-order valence-electron chi connectivity index (χ4n) is 1.44. The SMILES string of the molecule is CCC(CCCl)NC(=O)c1cc(F)ccc1Br. The van der Waals surface area contributed by atoms with Crippen molar-refractivity contribution in [3.05, 3.63) is 34.1 Å². The van der Waals surface area contributed by atoms with E-state index in [4.69, 9.17) is 11.6 Å². The third-order valence-electron chi connectivity index (χ3n) is 2.46. The van der Waals surface area contributed by atoms with Gasteiger partial charge in [-0.15, -0.1) is 11.6 Å². The number of amides is 1. The van der Waals surface area contributed by atoms with Crippen LogP contribution in [-0.4, -0.2) is 17.8 Å². The number of alkyl halides is 1. The van der Waals surface area contributed by atoms with Crippen molar-refractivity contribution in [3.8, 4) is 0 Å². The molecule has 1 aromatic carbocycles. The minimum absolute atomic E-state index is 0.0233. The number of rotatable bonds is 5. The molecule has 17 heavy (non-hydrogen) atoms. The van der Waals surface area contributed by atoms with Gasteiger partial charge in [-0.25, -0.2) is 4.39 Å². The fraction of sp³-hybridized carbons (Fsp3) is 0.417. The molecule has 1 amide bonds. The number of benzene rings is 1. The largest absolute Gasteiger partial charge is 0.349 e. The van der Waals surface area contributed by atoms with Crippen LogP contribution < -0.4 is 5.32 Å². The molecule has 5 heteroatoms. The van der Waals surface area contributed by atoms with Gasteiger partial charge in [-0.2, -0.15) is 0 Å². The van der Waals surface area contributed by atoms with Crippen molar-refractivity contribution in [1.29, 1.82) is 0 Å². The molecule has 0 heterocycles. The number of hydrogen-bond donors (Lipinski definition) is 1. The lowest BCUT2D eigenvalue weighted by molar-refractivity contribution is 0.0934. The second-order valence-corrected chi connectivity index (χ2v) is 4.91. The minimum Gasteiger partial charge on any atom is -0.349 e. The predicted octanol–water partition coefficient (Wildman–Crippen LogP) is 3.73. The average Bonchev–Trinajstić information content (AvgIpc) is 2.31. The summed E-state index contributed by atoms with van der Waals surface area (Å²) in [5.41, 5.74) is 0.304. The molecule has 1 unspecified atom stereocenters. The van der Waals surface area contributed by atoms with Gasteiger partial charge in [0.1, 0.15) is 5.82 Å². The van der Waals surface area contributed by atoms with Gasteiger partial charge in [-0.3, -0.25) is 4.79 Å². The molecule has 0 spiro atoms. The lowest BCUT2D eigenvalue weighted by Gasteiger charge is -2.16. The van der Waals surface area contributed by atoms with E-state index in [1.807, 2.05) is 6.92 Å². The van der Waals surface area contributed by atoms with Gasteiger partial charge < -0.3 is 5.32 Å². The number of hydrogen-bond acceptors (Lipinski definition) is 1. The summed E-state index contributed by atoms with van der Waals surface area (Å²) < 4.78 is 13.6. The normalized spacial score (nSPS) is 12.2. The summed E-state index contributed by atoms with van der Waals surface area (Å²) in [6.45, 7) is 1.97. The third kappa shape index (κ3) is 4.28. The zero-order chi connectivity index (χ0) is 12.8. The monoisotopic (exact) mass is 321 g/mol. The molecule has 0 radical (unpaired) electrons. The molecule has 0 bridgehead atoms. The Morgan fingerprint density at radius 3 is 2.88 bits per heavy atom. The van der Waals surface area contributed by atoms with Crippen LogP contribution in [0.15, 0.2) is 22.7 Å². The van der Waals surface area contributed by atoms with Crippen molar-refractivity contribution in [1.82, 2.24) is 5.32 Å². The smallest absolute Gasteiger partial charge is 0.252 e. The highest BCUT2D eigenvalue weighted by molar-refractivity contribution is 9.10. The summed E-state index contributed by atoms with van der Waals surface area (Å²) in [5.74, 6) is -0.222. The Bertz CT molecular complexity index is 400. The van der Waals surface area contributed by atoms with Gasteiger partial charge in [-0.1, -0.05) is 6.92 Å². The number of carbonyl (C=O) groups excluding carboxylic acids is 1. The van der Waals surface area contributed by atoms with Gasteiger partial charge in [0, 0.05) is 16.4 Å². The van der Waals surface area contributed by atoms with Gasteiger partial charge in [-0.05, 0) is 47.0 Å². The molecule has 1 rings (SSSR count). The summed E-state index contributed by atoms with van der Waals surface area (Å²) in [7, 11) is 0. The fourth-order valence-corrected chi connectivity index (χ4v) is 2.13. The van der Waals surface area contributed by atoms with E-state index in [9.17, 15) is 9.18 Å². The Morgan fingerprint density at radius 1 is 1.59 bits per heavy atom. The molecule has 0 aromatic heterocycles. The molecule has 0 saturated heterocycles. The summed E-state index contributed by atoms with van der Waals surface area (Å²) in [4.78, 5) is 11.9. The van der Waals surface area contributed by atoms with Crippen LogP contribution in [0.5, 0.6) is 0 Å². The molecular weight excluding hydrogens is 308 g/mol. The van der Waals surface area contributed by atoms with Gasteiger partial charge in [0.25, 0.3) is 5.91 Å². The van der Waals surface area contributed by atoms with Crippen LogP contribution in [0, 0.1) is 5.82 Å². The highest BCUT2D eigenvalue weighted by atomic mass is 79.9. The van der Waals surface area contributed by atoms with E-state index in [0.29, 0.717) is 22.3 Å². The zero-order valence-electron chi connectivity index (χ0n) is 9.47. The van der Waals surface area contributed by atoms with Gasteiger partial charge in [0.15, 0.2) is 0 Å². The lowest BCUT2D eigenvalue weighted by Crippen LogP contribution is -2.34. The maximum Gasteiger partial charge on any atom is 0.252 e. The number of carbonyl (C=O) groups is 1. The average molecular weight is 323 g/mol. The van der Waals surface area contributed by atoms with E-state index in [1.165, 1.54) is 18.2 Å². The summed E-state index contributed by atoms with van der Waals surface area (Å²) in [5, 5.41) is 2.83. The van der Waals surface area contributed by atoms with E-state index < -0.39 is 5.82 Å². The molecule has 0 saturated carbocycles. The molecule has 2 nitrogen and oxygen atoms in total. The second-order valence-electron chi connectivity index (χ2n) is 3.68. The summed E-state index contributed by atoms with van der Waals surface area (Å²) >= 11 is 8.87.